The number of piperidine rings is 1. The van der Waals surface area contributed by atoms with Crippen molar-refractivity contribution in [3.8, 4) is 0 Å². The van der Waals surface area contributed by atoms with E-state index in [1.165, 1.54) is 24.8 Å². The van der Waals surface area contributed by atoms with Gasteiger partial charge in [-0.15, -0.1) is 0 Å². The minimum atomic E-state index is 0.335. The Morgan fingerprint density at radius 2 is 1.96 bits per heavy atom. The van der Waals surface area contributed by atoms with E-state index in [-0.39, 0.29) is 0 Å². The highest BCUT2D eigenvalue weighted by Gasteiger charge is 2.20. The van der Waals surface area contributed by atoms with Gasteiger partial charge in [0, 0.05) is 38.3 Å². The zero-order valence-electron chi connectivity index (χ0n) is 15.7. The lowest BCUT2D eigenvalue weighted by Gasteiger charge is -2.32. The van der Waals surface area contributed by atoms with Crippen LogP contribution in [0, 0.1) is 5.92 Å². The van der Waals surface area contributed by atoms with Gasteiger partial charge in [-0.25, -0.2) is 0 Å². The van der Waals surface area contributed by atoms with Crippen molar-refractivity contribution in [1.29, 1.82) is 0 Å². The van der Waals surface area contributed by atoms with E-state index in [1.807, 2.05) is 19.2 Å². The fourth-order valence-electron chi connectivity index (χ4n) is 3.69. The molecule has 0 amide bonds. The predicted molar refractivity (Wildman–Crippen MR) is 108 cm³/mol. The highest BCUT2D eigenvalue weighted by molar-refractivity contribution is 6.31. The van der Waals surface area contributed by atoms with Gasteiger partial charge in [-0.1, -0.05) is 29.8 Å². The number of hydrogen-bond donors (Lipinski definition) is 2. The molecule has 1 aromatic carbocycles. The third-order valence-electron chi connectivity index (χ3n) is 5.36. The summed E-state index contributed by atoms with van der Waals surface area (Å²) in [6.45, 7) is 5.91. The molecule has 0 aromatic heterocycles. The third kappa shape index (κ3) is 5.86. The number of rotatable bonds is 6. The molecule has 5 nitrogen and oxygen atoms in total. The topological polar surface area (TPSA) is 48.9 Å². The van der Waals surface area contributed by atoms with Gasteiger partial charge in [0.1, 0.15) is 0 Å². The predicted octanol–water partition coefficient (Wildman–Crippen LogP) is 2.90. The van der Waals surface area contributed by atoms with E-state index in [0.29, 0.717) is 12.0 Å². The summed E-state index contributed by atoms with van der Waals surface area (Å²) in [6.07, 6.45) is 5.07. The van der Waals surface area contributed by atoms with Crippen LogP contribution in [0.15, 0.2) is 29.3 Å². The summed E-state index contributed by atoms with van der Waals surface area (Å²) in [5.41, 5.74) is 1.23. The van der Waals surface area contributed by atoms with Gasteiger partial charge in [0.05, 0.1) is 6.10 Å². The van der Waals surface area contributed by atoms with E-state index in [0.717, 1.165) is 56.7 Å². The van der Waals surface area contributed by atoms with Crippen molar-refractivity contribution in [1.82, 2.24) is 15.5 Å². The van der Waals surface area contributed by atoms with Crippen LogP contribution in [0.25, 0.3) is 0 Å². The molecule has 2 N–H and O–H groups in total. The molecule has 3 rings (SSSR count). The first-order valence-electron chi connectivity index (χ1n) is 9.76. The summed E-state index contributed by atoms with van der Waals surface area (Å²) in [5, 5.41) is 7.74. The monoisotopic (exact) mass is 378 g/mol. The van der Waals surface area contributed by atoms with Gasteiger partial charge < -0.3 is 15.4 Å². The first-order chi connectivity index (χ1) is 12.7. The van der Waals surface area contributed by atoms with Crippen LogP contribution in [-0.4, -0.2) is 56.8 Å². The Morgan fingerprint density at radius 1 is 1.19 bits per heavy atom. The summed E-state index contributed by atoms with van der Waals surface area (Å²) >= 11 is 6.28. The molecule has 6 heteroatoms. The zero-order chi connectivity index (χ0) is 18.2. The Hall–Kier alpha value is -1.30. The first-order valence-corrected chi connectivity index (χ1v) is 10.1. The number of halogens is 1. The molecule has 2 heterocycles. The smallest absolute Gasteiger partial charge is 0.191 e. The Labute approximate surface area is 162 Å². The molecule has 2 saturated heterocycles. The fraction of sp³-hybridized carbons (Fsp3) is 0.650. The Kier molecular flexibility index (Phi) is 7.59. The normalized spacial score (nSPS) is 22.5. The van der Waals surface area contributed by atoms with E-state index in [2.05, 4.69) is 32.7 Å². The molecule has 0 spiro atoms. The maximum Gasteiger partial charge on any atom is 0.191 e. The first kappa shape index (κ1) is 19.5. The van der Waals surface area contributed by atoms with E-state index in [9.17, 15) is 0 Å². The summed E-state index contributed by atoms with van der Waals surface area (Å²) in [5.74, 6) is 1.58. The van der Waals surface area contributed by atoms with Crippen LogP contribution in [0.5, 0.6) is 0 Å². The molecule has 2 aliphatic heterocycles. The second-order valence-electron chi connectivity index (χ2n) is 7.28. The second kappa shape index (κ2) is 10.1. The lowest BCUT2D eigenvalue weighted by molar-refractivity contribution is 0.113. The van der Waals surface area contributed by atoms with Crippen LogP contribution in [0.3, 0.4) is 0 Å². The standard InChI is InChI=1S/C20H31ClN4O/c1-22-20(24-14-18-6-4-12-26-18)23-13-16-8-10-25(11-9-16)15-17-5-2-3-7-19(17)21/h2-3,5,7,16,18H,4,6,8-15H2,1H3,(H2,22,23,24). The molecule has 1 atom stereocenters. The number of nitrogens with zero attached hydrogens (tertiary/aromatic N) is 2. The van der Waals surface area contributed by atoms with Crippen molar-refractivity contribution >= 4 is 17.6 Å². The SMILES string of the molecule is CN=C(NCC1CCN(Cc2ccccc2Cl)CC1)NCC1CCCO1. The largest absolute Gasteiger partial charge is 0.376 e. The van der Waals surface area contributed by atoms with Crippen LogP contribution in [0.2, 0.25) is 5.02 Å². The molecule has 26 heavy (non-hydrogen) atoms. The molecule has 0 saturated carbocycles. The van der Waals surface area contributed by atoms with Gasteiger partial charge in [0.2, 0.25) is 0 Å². The maximum absolute atomic E-state index is 6.28. The van der Waals surface area contributed by atoms with E-state index >= 15 is 0 Å². The number of benzene rings is 1. The lowest BCUT2D eigenvalue weighted by atomic mass is 9.96. The molecule has 2 aliphatic rings. The highest BCUT2D eigenvalue weighted by atomic mass is 35.5. The molecular weight excluding hydrogens is 348 g/mol. The molecule has 0 bridgehead atoms. The summed E-state index contributed by atoms with van der Waals surface area (Å²) in [7, 11) is 1.83. The Morgan fingerprint density at radius 3 is 2.65 bits per heavy atom. The molecule has 0 aliphatic carbocycles. The van der Waals surface area contributed by atoms with E-state index < -0.39 is 0 Å². The molecule has 144 valence electrons. The van der Waals surface area contributed by atoms with Gasteiger partial charge >= 0.3 is 0 Å². The molecule has 1 aromatic rings. The molecule has 0 radical (unpaired) electrons. The lowest BCUT2D eigenvalue weighted by Crippen LogP contribution is -2.44. The van der Waals surface area contributed by atoms with Crippen molar-refractivity contribution in [2.24, 2.45) is 10.9 Å². The molecular formula is C20H31ClN4O. The number of guanidine groups is 1. The van der Waals surface area contributed by atoms with Crippen molar-refractivity contribution in [3.63, 3.8) is 0 Å². The van der Waals surface area contributed by atoms with Gasteiger partial charge in [0.25, 0.3) is 0 Å². The number of aliphatic imine (C=N–C) groups is 1. The van der Waals surface area contributed by atoms with Crippen LogP contribution in [-0.2, 0) is 11.3 Å². The van der Waals surface area contributed by atoms with Crippen LogP contribution in [0.4, 0.5) is 0 Å². The number of nitrogens with one attached hydrogen (secondary N) is 2. The van der Waals surface area contributed by atoms with Crippen LogP contribution in [0.1, 0.15) is 31.2 Å². The third-order valence-corrected chi connectivity index (χ3v) is 5.73. The van der Waals surface area contributed by atoms with Crippen LogP contribution >= 0.6 is 11.6 Å². The van der Waals surface area contributed by atoms with Crippen molar-refractivity contribution < 1.29 is 4.74 Å². The summed E-state index contributed by atoms with van der Waals surface area (Å²) < 4.78 is 5.65. The average molecular weight is 379 g/mol. The van der Waals surface area contributed by atoms with Crippen molar-refractivity contribution in [2.75, 3.05) is 39.8 Å². The number of ether oxygens (including phenoxy) is 1. The average Bonchev–Trinajstić information content (AvgIpc) is 3.18. The zero-order valence-corrected chi connectivity index (χ0v) is 16.5. The van der Waals surface area contributed by atoms with Gasteiger partial charge in [-0.05, 0) is 56.3 Å². The number of likely N-dealkylation sites (tertiary alicyclic amines) is 1. The quantitative estimate of drug-likeness (QED) is 0.590. The van der Waals surface area contributed by atoms with Crippen molar-refractivity contribution in [2.45, 2.75) is 38.3 Å². The summed E-state index contributed by atoms with van der Waals surface area (Å²) in [6, 6.07) is 8.15. The fourth-order valence-corrected chi connectivity index (χ4v) is 3.89. The van der Waals surface area contributed by atoms with E-state index in [1.54, 1.807) is 0 Å². The molecule has 2 fully saturated rings. The van der Waals surface area contributed by atoms with E-state index in [4.69, 9.17) is 16.3 Å². The Bertz CT molecular complexity index is 581. The second-order valence-corrected chi connectivity index (χ2v) is 7.69. The summed E-state index contributed by atoms with van der Waals surface area (Å²) in [4.78, 5) is 6.83. The van der Waals surface area contributed by atoms with Gasteiger partial charge in [0.15, 0.2) is 5.96 Å². The highest BCUT2D eigenvalue weighted by Crippen LogP contribution is 2.22. The Balaban J connectivity index is 1.34. The minimum absolute atomic E-state index is 0.335. The minimum Gasteiger partial charge on any atom is -0.376 e. The number of hydrogen-bond acceptors (Lipinski definition) is 3. The van der Waals surface area contributed by atoms with Gasteiger partial charge in [-0.2, -0.15) is 0 Å². The van der Waals surface area contributed by atoms with Crippen molar-refractivity contribution in [3.05, 3.63) is 34.9 Å². The maximum atomic E-state index is 6.28. The van der Waals surface area contributed by atoms with Gasteiger partial charge in [-0.3, -0.25) is 9.89 Å². The van der Waals surface area contributed by atoms with Crippen LogP contribution < -0.4 is 10.6 Å². The molecule has 1 unspecified atom stereocenters.